The predicted octanol–water partition coefficient (Wildman–Crippen LogP) is 3.12. The van der Waals surface area contributed by atoms with E-state index in [0.29, 0.717) is 18.8 Å². The Morgan fingerprint density at radius 1 is 1.35 bits per heavy atom. The number of hydrogen-bond donors (Lipinski definition) is 1. The fraction of sp³-hybridized carbons (Fsp3) is 0.600. The Kier molecular flexibility index (Phi) is 8.11. The van der Waals surface area contributed by atoms with Gasteiger partial charge in [-0.1, -0.05) is 0 Å². The number of anilines is 1. The molecule has 1 aromatic rings. The van der Waals surface area contributed by atoms with Crippen molar-refractivity contribution in [3.05, 3.63) is 24.0 Å². The van der Waals surface area contributed by atoms with E-state index in [0.717, 1.165) is 18.7 Å². The summed E-state index contributed by atoms with van der Waals surface area (Å²) in [5.41, 5.74) is 1.49. The van der Waals surface area contributed by atoms with Crippen molar-refractivity contribution in [1.29, 1.82) is 0 Å². The molecule has 0 spiro atoms. The quantitative estimate of drug-likeness (QED) is 0.711. The minimum absolute atomic E-state index is 0.000956. The minimum atomic E-state index is 0.000956. The average Bonchev–Trinajstić information content (AvgIpc) is 2.48. The zero-order chi connectivity index (χ0) is 14.8. The molecular weight excluding hydrogens is 270 g/mol. The SMILES string of the molecule is CCN(CC)C(=O)c1cc(NCCCCSC)ccn1. The first-order chi connectivity index (χ1) is 9.72. The van der Waals surface area contributed by atoms with Gasteiger partial charge in [0, 0.05) is 31.5 Å². The Bertz CT molecular complexity index is 408. The fourth-order valence-corrected chi connectivity index (χ4v) is 2.43. The van der Waals surface area contributed by atoms with Gasteiger partial charge in [0.1, 0.15) is 5.69 Å². The van der Waals surface area contributed by atoms with Crippen LogP contribution < -0.4 is 5.32 Å². The molecule has 1 N–H and O–H groups in total. The fourth-order valence-electron chi connectivity index (χ4n) is 1.93. The summed E-state index contributed by atoms with van der Waals surface area (Å²) < 4.78 is 0. The van der Waals surface area contributed by atoms with Gasteiger partial charge in [0.2, 0.25) is 0 Å². The molecule has 1 amide bonds. The smallest absolute Gasteiger partial charge is 0.272 e. The lowest BCUT2D eigenvalue weighted by Gasteiger charge is -2.18. The summed E-state index contributed by atoms with van der Waals surface area (Å²) >= 11 is 1.87. The number of rotatable bonds is 9. The van der Waals surface area contributed by atoms with Crippen LogP contribution in [0.1, 0.15) is 37.2 Å². The highest BCUT2D eigenvalue weighted by atomic mass is 32.2. The first kappa shape index (κ1) is 16.8. The molecule has 1 rings (SSSR count). The lowest BCUT2D eigenvalue weighted by atomic mass is 10.2. The molecule has 0 saturated heterocycles. The highest BCUT2D eigenvalue weighted by molar-refractivity contribution is 7.98. The van der Waals surface area contributed by atoms with Crippen LogP contribution in [-0.4, -0.2) is 47.4 Å². The van der Waals surface area contributed by atoms with Gasteiger partial charge in [-0.25, -0.2) is 0 Å². The molecule has 0 aliphatic carbocycles. The third-order valence-corrected chi connectivity index (χ3v) is 3.83. The topological polar surface area (TPSA) is 45.2 Å². The van der Waals surface area contributed by atoms with Crippen molar-refractivity contribution in [2.75, 3.05) is 37.0 Å². The summed E-state index contributed by atoms with van der Waals surface area (Å²) in [5.74, 6) is 1.20. The third kappa shape index (κ3) is 5.41. The Morgan fingerprint density at radius 3 is 2.75 bits per heavy atom. The summed E-state index contributed by atoms with van der Waals surface area (Å²) in [4.78, 5) is 18.2. The number of aromatic nitrogens is 1. The van der Waals surface area contributed by atoms with E-state index < -0.39 is 0 Å². The number of carbonyl (C=O) groups excluding carboxylic acids is 1. The molecule has 0 aliphatic rings. The maximum Gasteiger partial charge on any atom is 0.272 e. The molecule has 0 atom stereocenters. The highest BCUT2D eigenvalue weighted by Crippen LogP contribution is 2.11. The zero-order valence-corrected chi connectivity index (χ0v) is 13.5. The molecule has 20 heavy (non-hydrogen) atoms. The van der Waals surface area contributed by atoms with Gasteiger partial charge in [-0.3, -0.25) is 9.78 Å². The van der Waals surface area contributed by atoms with Gasteiger partial charge in [0.05, 0.1) is 0 Å². The van der Waals surface area contributed by atoms with Crippen LogP contribution in [0.2, 0.25) is 0 Å². The van der Waals surface area contributed by atoms with E-state index in [9.17, 15) is 4.79 Å². The van der Waals surface area contributed by atoms with Crippen molar-refractivity contribution in [2.24, 2.45) is 0 Å². The lowest BCUT2D eigenvalue weighted by molar-refractivity contribution is 0.0767. The van der Waals surface area contributed by atoms with E-state index in [2.05, 4.69) is 16.6 Å². The van der Waals surface area contributed by atoms with E-state index in [1.807, 2.05) is 37.7 Å². The van der Waals surface area contributed by atoms with Gasteiger partial charge in [0.25, 0.3) is 5.91 Å². The zero-order valence-electron chi connectivity index (χ0n) is 12.7. The lowest BCUT2D eigenvalue weighted by Crippen LogP contribution is -2.31. The van der Waals surface area contributed by atoms with E-state index in [4.69, 9.17) is 0 Å². The summed E-state index contributed by atoms with van der Waals surface area (Å²) in [6, 6.07) is 3.75. The van der Waals surface area contributed by atoms with E-state index in [1.54, 1.807) is 11.1 Å². The summed E-state index contributed by atoms with van der Waals surface area (Å²) in [7, 11) is 0. The number of hydrogen-bond acceptors (Lipinski definition) is 4. The second-order valence-corrected chi connectivity index (χ2v) is 5.52. The van der Waals surface area contributed by atoms with Crippen molar-refractivity contribution in [2.45, 2.75) is 26.7 Å². The molecule has 112 valence electrons. The van der Waals surface area contributed by atoms with Crippen LogP contribution in [0.15, 0.2) is 18.3 Å². The molecule has 1 heterocycles. The number of nitrogens with one attached hydrogen (secondary N) is 1. The first-order valence-electron chi connectivity index (χ1n) is 7.21. The Balaban J connectivity index is 2.55. The molecular formula is C15H25N3OS. The number of carbonyl (C=O) groups is 1. The normalized spacial score (nSPS) is 10.3. The number of amides is 1. The van der Waals surface area contributed by atoms with E-state index in [-0.39, 0.29) is 5.91 Å². The van der Waals surface area contributed by atoms with Crippen LogP contribution >= 0.6 is 11.8 Å². The van der Waals surface area contributed by atoms with E-state index >= 15 is 0 Å². The van der Waals surface area contributed by atoms with Crippen LogP contribution in [0.4, 0.5) is 5.69 Å². The van der Waals surface area contributed by atoms with Crippen LogP contribution in [-0.2, 0) is 0 Å². The molecule has 5 heteroatoms. The second-order valence-electron chi connectivity index (χ2n) is 4.53. The standard InChI is InChI=1S/C15H25N3OS/c1-4-18(5-2)15(19)14-12-13(8-10-17-14)16-9-6-7-11-20-3/h8,10,12H,4-7,9,11H2,1-3H3,(H,16,17). The van der Waals surface area contributed by atoms with Crippen LogP contribution in [0.5, 0.6) is 0 Å². The van der Waals surface area contributed by atoms with Crippen molar-refractivity contribution >= 4 is 23.4 Å². The molecule has 0 fully saturated rings. The van der Waals surface area contributed by atoms with Crippen molar-refractivity contribution in [3.63, 3.8) is 0 Å². The molecule has 0 radical (unpaired) electrons. The molecule has 0 bridgehead atoms. The monoisotopic (exact) mass is 295 g/mol. The number of unbranched alkanes of at least 4 members (excludes halogenated alkanes) is 1. The van der Waals surface area contributed by atoms with Crippen molar-refractivity contribution in [3.8, 4) is 0 Å². The molecule has 0 unspecified atom stereocenters. The summed E-state index contributed by atoms with van der Waals surface area (Å²) in [5, 5.41) is 3.35. The molecule has 0 aromatic carbocycles. The minimum Gasteiger partial charge on any atom is -0.385 e. The molecule has 1 aromatic heterocycles. The van der Waals surface area contributed by atoms with Gasteiger partial charge in [-0.15, -0.1) is 0 Å². The Morgan fingerprint density at radius 2 is 2.10 bits per heavy atom. The number of pyridine rings is 1. The van der Waals surface area contributed by atoms with Crippen molar-refractivity contribution < 1.29 is 4.79 Å². The van der Waals surface area contributed by atoms with Crippen LogP contribution in [0.3, 0.4) is 0 Å². The van der Waals surface area contributed by atoms with Gasteiger partial charge in [0.15, 0.2) is 0 Å². The highest BCUT2D eigenvalue weighted by Gasteiger charge is 2.13. The van der Waals surface area contributed by atoms with Crippen LogP contribution in [0, 0.1) is 0 Å². The molecule has 0 aliphatic heterocycles. The second kappa shape index (κ2) is 9.64. The van der Waals surface area contributed by atoms with Gasteiger partial charge >= 0.3 is 0 Å². The third-order valence-electron chi connectivity index (χ3n) is 3.13. The summed E-state index contributed by atoms with van der Waals surface area (Å²) in [6.45, 7) is 6.32. The van der Waals surface area contributed by atoms with Crippen molar-refractivity contribution in [1.82, 2.24) is 9.88 Å². The first-order valence-corrected chi connectivity index (χ1v) is 8.60. The van der Waals surface area contributed by atoms with Gasteiger partial charge in [-0.05, 0) is 50.8 Å². The number of nitrogens with zero attached hydrogens (tertiary/aromatic N) is 2. The summed E-state index contributed by atoms with van der Waals surface area (Å²) in [6.07, 6.45) is 6.18. The van der Waals surface area contributed by atoms with Gasteiger partial charge in [-0.2, -0.15) is 11.8 Å². The average molecular weight is 295 g/mol. The van der Waals surface area contributed by atoms with E-state index in [1.165, 1.54) is 12.2 Å². The Hall–Kier alpha value is -1.23. The number of thioether (sulfide) groups is 1. The largest absolute Gasteiger partial charge is 0.385 e. The predicted molar refractivity (Wildman–Crippen MR) is 87.6 cm³/mol. The maximum atomic E-state index is 12.2. The van der Waals surface area contributed by atoms with Gasteiger partial charge < -0.3 is 10.2 Å². The molecule has 0 saturated carbocycles. The Labute approximate surface area is 126 Å². The molecule has 4 nitrogen and oxygen atoms in total. The maximum absolute atomic E-state index is 12.2. The van der Waals surface area contributed by atoms with Crippen LogP contribution in [0.25, 0.3) is 0 Å².